The Morgan fingerprint density at radius 2 is 2.08 bits per heavy atom. The second kappa shape index (κ2) is 5.44. The number of aromatic hydroxyl groups is 1. The Hall–Kier alpha value is -0.290. The molecule has 0 spiro atoms. The normalized spacial score (nSPS) is 11.9. The lowest BCUT2D eigenvalue weighted by atomic mass is 10.1. The fourth-order valence-corrected chi connectivity index (χ4v) is 1.30. The molecule has 1 atom stereocenters. The van der Waals surface area contributed by atoms with Gasteiger partial charge in [0.2, 0.25) is 0 Å². The van der Waals surface area contributed by atoms with Gasteiger partial charge in [0.1, 0.15) is 5.75 Å². The molecule has 13 heavy (non-hydrogen) atoms. The highest BCUT2D eigenvalue weighted by Gasteiger charge is 2.09. The predicted octanol–water partition coefficient (Wildman–Crippen LogP) is 1.57. The maximum absolute atomic E-state index is 9.32. The molecule has 5 heteroatoms. The third-order valence-corrected chi connectivity index (χ3v) is 2.08. The number of hydrogen-bond donors (Lipinski definition) is 3. The summed E-state index contributed by atoms with van der Waals surface area (Å²) in [5.74, 6) is 0.111. The Labute approximate surface area is 91.1 Å². The summed E-state index contributed by atoms with van der Waals surface area (Å²) in [4.78, 5) is 0. The minimum atomic E-state index is -0.525. The van der Waals surface area contributed by atoms with Gasteiger partial charge in [0, 0.05) is 10.0 Å². The Morgan fingerprint density at radius 3 is 2.62 bits per heavy atom. The molecule has 0 radical (unpaired) electrons. The van der Waals surface area contributed by atoms with Crippen molar-refractivity contribution in [2.24, 2.45) is 5.73 Å². The molecule has 3 nitrogen and oxygen atoms in total. The average Bonchev–Trinajstić information content (AvgIpc) is 2.08. The molecule has 0 saturated heterocycles. The van der Waals surface area contributed by atoms with Crippen molar-refractivity contribution in [2.75, 3.05) is 6.61 Å². The molecule has 1 aromatic rings. The number of aliphatic hydroxyl groups is 1. The van der Waals surface area contributed by atoms with E-state index in [4.69, 9.17) is 10.8 Å². The van der Waals surface area contributed by atoms with Gasteiger partial charge in [-0.25, -0.2) is 0 Å². The summed E-state index contributed by atoms with van der Waals surface area (Å²) in [5.41, 5.74) is 6.08. The summed E-state index contributed by atoms with van der Waals surface area (Å²) in [6.45, 7) is -0.177. The van der Waals surface area contributed by atoms with Gasteiger partial charge in [-0.05, 0) is 18.2 Å². The molecule has 4 N–H and O–H groups in total. The van der Waals surface area contributed by atoms with Gasteiger partial charge in [0.15, 0.2) is 0 Å². The van der Waals surface area contributed by atoms with Crippen LogP contribution >= 0.6 is 28.3 Å². The molecule has 0 amide bonds. The fourth-order valence-electron chi connectivity index (χ4n) is 0.921. The van der Waals surface area contributed by atoms with Crippen LogP contribution in [-0.2, 0) is 0 Å². The summed E-state index contributed by atoms with van der Waals surface area (Å²) in [6, 6.07) is 4.41. The molecule has 0 bridgehead atoms. The summed E-state index contributed by atoms with van der Waals surface area (Å²) in [7, 11) is 0. The number of benzene rings is 1. The first-order valence-electron chi connectivity index (χ1n) is 3.50. The monoisotopic (exact) mass is 267 g/mol. The molecular formula is C8H11BrClNO2. The first kappa shape index (κ1) is 12.7. The van der Waals surface area contributed by atoms with Crippen LogP contribution in [0.3, 0.4) is 0 Å². The maximum Gasteiger partial charge on any atom is 0.120 e. The topological polar surface area (TPSA) is 66.5 Å². The Bertz CT molecular complexity index is 283. The molecule has 1 aromatic carbocycles. The van der Waals surface area contributed by atoms with E-state index in [-0.39, 0.29) is 24.8 Å². The van der Waals surface area contributed by atoms with Crippen molar-refractivity contribution < 1.29 is 10.2 Å². The van der Waals surface area contributed by atoms with Gasteiger partial charge in [-0.3, -0.25) is 0 Å². The number of rotatable bonds is 2. The van der Waals surface area contributed by atoms with E-state index in [1.165, 1.54) is 6.07 Å². The number of nitrogens with two attached hydrogens (primary N) is 1. The van der Waals surface area contributed by atoms with Crippen LogP contribution in [0.15, 0.2) is 22.7 Å². The Balaban J connectivity index is 0.00000144. The van der Waals surface area contributed by atoms with Crippen LogP contribution in [0, 0.1) is 0 Å². The van der Waals surface area contributed by atoms with Gasteiger partial charge >= 0.3 is 0 Å². The number of hydrogen-bond acceptors (Lipinski definition) is 3. The quantitative estimate of drug-likeness (QED) is 0.763. The molecule has 0 saturated carbocycles. The highest BCUT2D eigenvalue weighted by molar-refractivity contribution is 9.10. The molecule has 1 rings (SSSR count). The van der Waals surface area contributed by atoms with Crippen molar-refractivity contribution in [3.63, 3.8) is 0 Å². The average molecular weight is 269 g/mol. The van der Waals surface area contributed by atoms with Gasteiger partial charge in [-0.1, -0.05) is 15.9 Å². The summed E-state index contributed by atoms with van der Waals surface area (Å²) >= 11 is 3.25. The number of phenolic OH excluding ortho intramolecular Hbond substituents is 1. The van der Waals surface area contributed by atoms with Gasteiger partial charge < -0.3 is 15.9 Å². The molecule has 0 heterocycles. The molecule has 74 valence electrons. The first-order chi connectivity index (χ1) is 5.65. The molecule has 0 aliphatic heterocycles. The zero-order chi connectivity index (χ0) is 9.14. The summed E-state index contributed by atoms with van der Waals surface area (Å²) in [6.07, 6.45) is 0. The fraction of sp³-hybridized carbons (Fsp3) is 0.250. The third-order valence-electron chi connectivity index (χ3n) is 1.59. The standard InChI is InChI=1S/C8H10BrNO2.ClH/c9-5-1-2-8(12)6(3-5)7(10)4-11;/h1-3,7,11-12H,4,10H2;1H/t7-;/m0./s1. The molecule has 0 fully saturated rings. The lowest BCUT2D eigenvalue weighted by Gasteiger charge is -2.10. The Morgan fingerprint density at radius 1 is 1.46 bits per heavy atom. The van der Waals surface area contributed by atoms with E-state index >= 15 is 0 Å². The van der Waals surface area contributed by atoms with E-state index in [1.54, 1.807) is 12.1 Å². The summed E-state index contributed by atoms with van der Waals surface area (Å²) < 4.78 is 0.833. The molecule has 0 aliphatic carbocycles. The predicted molar refractivity (Wildman–Crippen MR) is 57.1 cm³/mol. The van der Waals surface area contributed by atoms with E-state index in [9.17, 15) is 5.11 Å². The van der Waals surface area contributed by atoms with Crippen molar-refractivity contribution in [1.82, 2.24) is 0 Å². The van der Waals surface area contributed by atoms with Crippen molar-refractivity contribution in [1.29, 1.82) is 0 Å². The van der Waals surface area contributed by atoms with Crippen LogP contribution in [0.2, 0.25) is 0 Å². The van der Waals surface area contributed by atoms with E-state index in [1.807, 2.05) is 0 Å². The van der Waals surface area contributed by atoms with Crippen LogP contribution < -0.4 is 5.73 Å². The maximum atomic E-state index is 9.32. The van der Waals surface area contributed by atoms with Crippen molar-refractivity contribution >= 4 is 28.3 Å². The van der Waals surface area contributed by atoms with Crippen molar-refractivity contribution in [3.05, 3.63) is 28.2 Å². The Kier molecular flexibility index (Phi) is 5.32. The number of phenols is 1. The minimum Gasteiger partial charge on any atom is -0.508 e. The third kappa shape index (κ3) is 3.15. The first-order valence-corrected chi connectivity index (χ1v) is 4.29. The second-order valence-corrected chi connectivity index (χ2v) is 3.41. The van der Waals surface area contributed by atoms with Crippen LogP contribution in [-0.4, -0.2) is 16.8 Å². The van der Waals surface area contributed by atoms with Crippen molar-refractivity contribution in [3.8, 4) is 5.75 Å². The van der Waals surface area contributed by atoms with Gasteiger partial charge in [-0.15, -0.1) is 12.4 Å². The summed E-state index contributed by atoms with van der Waals surface area (Å²) in [5, 5.41) is 18.1. The van der Waals surface area contributed by atoms with Gasteiger partial charge in [-0.2, -0.15) is 0 Å². The van der Waals surface area contributed by atoms with Gasteiger partial charge in [0.05, 0.1) is 12.6 Å². The van der Waals surface area contributed by atoms with Crippen LogP contribution in [0.25, 0.3) is 0 Å². The lowest BCUT2D eigenvalue weighted by Crippen LogP contribution is -2.14. The van der Waals surface area contributed by atoms with Crippen LogP contribution in [0.4, 0.5) is 0 Å². The second-order valence-electron chi connectivity index (χ2n) is 2.49. The van der Waals surface area contributed by atoms with E-state index < -0.39 is 6.04 Å². The minimum absolute atomic E-state index is 0. The van der Waals surface area contributed by atoms with E-state index in [0.29, 0.717) is 5.56 Å². The highest BCUT2D eigenvalue weighted by Crippen LogP contribution is 2.25. The smallest absolute Gasteiger partial charge is 0.120 e. The molecular weight excluding hydrogens is 257 g/mol. The molecule has 0 aromatic heterocycles. The zero-order valence-electron chi connectivity index (χ0n) is 6.77. The van der Waals surface area contributed by atoms with E-state index in [2.05, 4.69) is 15.9 Å². The van der Waals surface area contributed by atoms with Crippen LogP contribution in [0.1, 0.15) is 11.6 Å². The van der Waals surface area contributed by atoms with Crippen LogP contribution in [0.5, 0.6) is 5.75 Å². The number of halogens is 2. The molecule has 0 aliphatic rings. The van der Waals surface area contributed by atoms with E-state index in [0.717, 1.165) is 4.47 Å². The largest absolute Gasteiger partial charge is 0.508 e. The van der Waals surface area contributed by atoms with Gasteiger partial charge in [0.25, 0.3) is 0 Å². The number of aliphatic hydroxyl groups excluding tert-OH is 1. The SMILES string of the molecule is Cl.N[C@@H](CO)c1cc(Br)ccc1O. The zero-order valence-corrected chi connectivity index (χ0v) is 9.18. The van der Waals surface area contributed by atoms with Crippen molar-refractivity contribution in [2.45, 2.75) is 6.04 Å². The molecule has 0 unspecified atom stereocenters. The lowest BCUT2D eigenvalue weighted by molar-refractivity contribution is 0.265. The highest BCUT2D eigenvalue weighted by atomic mass is 79.9.